The molecule has 0 aliphatic rings. The van der Waals surface area contributed by atoms with Gasteiger partial charge in [0.05, 0.1) is 39.2 Å². The Hall–Kier alpha value is -5.88. The van der Waals surface area contributed by atoms with Crippen molar-refractivity contribution in [2.24, 2.45) is 0 Å². The third-order valence-corrected chi connectivity index (χ3v) is 8.46. The zero-order valence-electron chi connectivity index (χ0n) is 25.3. The molecule has 0 aliphatic carbocycles. The first-order chi connectivity index (χ1) is 22.8. The van der Waals surface area contributed by atoms with Gasteiger partial charge in [0.2, 0.25) is 0 Å². The number of hydrogen-bond donors (Lipinski definition) is 0. The minimum absolute atomic E-state index is 0.439. The standard InChI is InChI=1S/C41H26F3N3/c1-25-21-29(23-30(22-25)41(42,43)44)32-24-34-40(47-39(28-17-9-4-10-18-28)38(46-34)27-15-7-3-8-16-27)35-31-19-11-12-20-33(31)45-37(36(32)35)26-13-5-2-6-14-26/h2-24H,1H3. The monoisotopic (exact) mass is 617 g/mol. The molecule has 0 spiro atoms. The van der Waals surface area contributed by atoms with E-state index < -0.39 is 11.7 Å². The van der Waals surface area contributed by atoms with Gasteiger partial charge in [-0.05, 0) is 47.9 Å². The van der Waals surface area contributed by atoms with E-state index in [0.717, 1.165) is 44.1 Å². The number of nitrogens with zero attached hydrogens (tertiary/aromatic N) is 3. The van der Waals surface area contributed by atoms with Crippen LogP contribution in [0.15, 0.2) is 140 Å². The summed E-state index contributed by atoms with van der Waals surface area (Å²) in [6, 6.07) is 43.4. The molecule has 0 amide bonds. The lowest BCUT2D eigenvalue weighted by Gasteiger charge is -2.19. The largest absolute Gasteiger partial charge is 0.416 e. The summed E-state index contributed by atoms with van der Waals surface area (Å²) in [4.78, 5) is 15.8. The molecule has 2 aromatic heterocycles. The molecule has 0 radical (unpaired) electrons. The van der Waals surface area contributed by atoms with Crippen molar-refractivity contribution in [3.63, 3.8) is 0 Å². The van der Waals surface area contributed by atoms with Crippen molar-refractivity contribution < 1.29 is 13.2 Å². The first kappa shape index (κ1) is 28.6. The van der Waals surface area contributed by atoms with Crippen LogP contribution in [0.2, 0.25) is 0 Å². The fraction of sp³-hybridized carbons (Fsp3) is 0.0488. The van der Waals surface area contributed by atoms with E-state index in [1.807, 2.05) is 121 Å². The molecule has 0 N–H and O–H groups in total. The van der Waals surface area contributed by atoms with Gasteiger partial charge in [0.25, 0.3) is 0 Å². The van der Waals surface area contributed by atoms with E-state index in [1.54, 1.807) is 13.0 Å². The number of aryl methyl sites for hydroxylation is 1. The molecule has 226 valence electrons. The Balaban J connectivity index is 1.60. The maximum absolute atomic E-state index is 14.2. The van der Waals surface area contributed by atoms with Crippen LogP contribution in [-0.4, -0.2) is 15.0 Å². The molecule has 6 heteroatoms. The third kappa shape index (κ3) is 5.08. The van der Waals surface area contributed by atoms with Crippen molar-refractivity contribution in [2.75, 3.05) is 0 Å². The number of alkyl halides is 3. The van der Waals surface area contributed by atoms with Crippen molar-refractivity contribution in [2.45, 2.75) is 13.1 Å². The molecule has 47 heavy (non-hydrogen) atoms. The maximum Gasteiger partial charge on any atom is 0.416 e. The van der Waals surface area contributed by atoms with Gasteiger partial charge >= 0.3 is 6.18 Å². The lowest BCUT2D eigenvalue weighted by atomic mass is 9.90. The SMILES string of the molecule is Cc1cc(-c2cc3nc(-c4ccccc4)c(-c4ccccc4)nc3c3c2c(-c2ccccc2)nc2ccccc23)cc(C(F)(F)F)c1. The predicted octanol–water partition coefficient (Wildman–Crippen LogP) is 11.3. The molecule has 0 unspecified atom stereocenters. The van der Waals surface area contributed by atoms with E-state index in [9.17, 15) is 13.2 Å². The second-order valence-corrected chi connectivity index (χ2v) is 11.6. The molecule has 6 aromatic carbocycles. The number of fused-ring (bicyclic) bond motifs is 5. The van der Waals surface area contributed by atoms with Crippen LogP contribution in [0.25, 0.3) is 77.6 Å². The van der Waals surface area contributed by atoms with Gasteiger partial charge in [-0.15, -0.1) is 0 Å². The quantitative estimate of drug-likeness (QED) is 0.184. The number of pyridine rings is 1. The zero-order valence-corrected chi connectivity index (χ0v) is 25.3. The van der Waals surface area contributed by atoms with Crippen LogP contribution in [0.4, 0.5) is 13.2 Å². The van der Waals surface area contributed by atoms with E-state index in [2.05, 4.69) is 0 Å². The summed E-state index contributed by atoms with van der Waals surface area (Å²) in [6.07, 6.45) is -4.51. The molecule has 3 nitrogen and oxygen atoms in total. The molecule has 8 rings (SSSR count). The fourth-order valence-electron chi connectivity index (χ4n) is 6.39. The molecule has 8 aromatic rings. The van der Waals surface area contributed by atoms with Crippen LogP contribution in [0.3, 0.4) is 0 Å². The van der Waals surface area contributed by atoms with E-state index in [1.165, 1.54) is 12.1 Å². The highest BCUT2D eigenvalue weighted by Gasteiger charge is 2.31. The van der Waals surface area contributed by atoms with Gasteiger partial charge in [-0.3, -0.25) is 0 Å². The zero-order chi connectivity index (χ0) is 32.1. The van der Waals surface area contributed by atoms with Crippen LogP contribution in [0.1, 0.15) is 11.1 Å². The van der Waals surface area contributed by atoms with Gasteiger partial charge in [0.1, 0.15) is 0 Å². The van der Waals surface area contributed by atoms with Gasteiger partial charge in [-0.2, -0.15) is 13.2 Å². The Morgan fingerprint density at radius 2 is 1.00 bits per heavy atom. The van der Waals surface area contributed by atoms with Crippen LogP contribution in [0, 0.1) is 6.92 Å². The maximum atomic E-state index is 14.2. The van der Waals surface area contributed by atoms with Crippen molar-refractivity contribution in [1.82, 2.24) is 15.0 Å². The molecule has 0 bridgehead atoms. The molecular formula is C41H26F3N3. The van der Waals surface area contributed by atoms with E-state index in [4.69, 9.17) is 15.0 Å². The summed E-state index contributed by atoms with van der Waals surface area (Å²) in [5.74, 6) is 0. The molecular weight excluding hydrogens is 591 g/mol. The first-order valence-corrected chi connectivity index (χ1v) is 15.3. The lowest BCUT2D eigenvalue weighted by molar-refractivity contribution is -0.137. The molecule has 0 aliphatic heterocycles. The normalized spacial score (nSPS) is 11.8. The highest BCUT2D eigenvalue weighted by Crippen LogP contribution is 2.45. The Morgan fingerprint density at radius 3 is 1.62 bits per heavy atom. The Labute approximate surface area is 269 Å². The molecule has 0 saturated heterocycles. The van der Waals surface area contributed by atoms with Crippen LogP contribution < -0.4 is 0 Å². The van der Waals surface area contributed by atoms with Crippen molar-refractivity contribution in [3.05, 3.63) is 151 Å². The lowest BCUT2D eigenvalue weighted by Crippen LogP contribution is -2.05. The summed E-state index contributed by atoms with van der Waals surface area (Å²) in [6.45, 7) is 1.69. The molecule has 0 saturated carbocycles. The number of benzene rings is 6. The second-order valence-electron chi connectivity index (χ2n) is 11.6. The van der Waals surface area contributed by atoms with Gasteiger partial charge in [-0.1, -0.05) is 115 Å². The van der Waals surface area contributed by atoms with E-state index >= 15 is 0 Å². The van der Waals surface area contributed by atoms with Crippen LogP contribution >= 0.6 is 0 Å². The van der Waals surface area contributed by atoms with Crippen molar-refractivity contribution in [3.8, 4) is 44.9 Å². The fourth-order valence-corrected chi connectivity index (χ4v) is 6.39. The predicted molar refractivity (Wildman–Crippen MR) is 184 cm³/mol. The highest BCUT2D eigenvalue weighted by atomic mass is 19.4. The minimum atomic E-state index is -4.51. The number of hydrogen-bond acceptors (Lipinski definition) is 3. The summed E-state index contributed by atoms with van der Waals surface area (Å²) in [7, 11) is 0. The minimum Gasteiger partial charge on any atom is -0.247 e. The van der Waals surface area contributed by atoms with Crippen molar-refractivity contribution >= 4 is 32.7 Å². The average molecular weight is 618 g/mol. The number of halogens is 3. The summed E-state index contributed by atoms with van der Waals surface area (Å²) < 4.78 is 42.6. The van der Waals surface area contributed by atoms with Gasteiger partial charge < -0.3 is 0 Å². The molecule has 0 fully saturated rings. The van der Waals surface area contributed by atoms with Gasteiger partial charge in [-0.25, -0.2) is 15.0 Å². The number of para-hydroxylation sites is 1. The van der Waals surface area contributed by atoms with Gasteiger partial charge in [0.15, 0.2) is 0 Å². The summed E-state index contributed by atoms with van der Waals surface area (Å²) in [5, 5.41) is 2.36. The van der Waals surface area contributed by atoms with Crippen molar-refractivity contribution in [1.29, 1.82) is 0 Å². The Bertz CT molecular complexity index is 2440. The molecule has 0 atom stereocenters. The Morgan fingerprint density at radius 1 is 0.468 bits per heavy atom. The first-order valence-electron chi connectivity index (χ1n) is 15.3. The molecule has 2 heterocycles. The van der Waals surface area contributed by atoms with E-state index in [-0.39, 0.29) is 0 Å². The summed E-state index contributed by atoms with van der Waals surface area (Å²) in [5.41, 5.74) is 7.58. The topological polar surface area (TPSA) is 38.7 Å². The summed E-state index contributed by atoms with van der Waals surface area (Å²) >= 11 is 0. The second kappa shape index (κ2) is 11.2. The van der Waals surface area contributed by atoms with Gasteiger partial charge in [0, 0.05) is 32.8 Å². The smallest absolute Gasteiger partial charge is 0.247 e. The highest BCUT2D eigenvalue weighted by molar-refractivity contribution is 6.25. The van der Waals surface area contributed by atoms with Crippen LogP contribution in [-0.2, 0) is 6.18 Å². The average Bonchev–Trinajstić information content (AvgIpc) is 3.10. The van der Waals surface area contributed by atoms with E-state index in [0.29, 0.717) is 39.1 Å². The third-order valence-electron chi connectivity index (χ3n) is 8.46. The number of rotatable bonds is 4. The number of aromatic nitrogens is 3. The Kier molecular flexibility index (Phi) is 6.80. The van der Waals surface area contributed by atoms with Crippen LogP contribution in [0.5, 0.6) is 0 Å².